The van der Waals surface area contributed by atoms with Gasteiger partial charge >= 0.3 is 0 Å². The molecule has 1 heterocycles. The number of anilines is 1. The second kappa shape index (κ2) is 10.6. The third-order valence-electron chi connectivity index (χ3n) is 6.31. The molecule has 1 saturated heterocycles. The van der Waals surface area contributed by atoms with Crippen LogP contribution in [0.5, 0.6) is 0 Å². The second-order valence-electron chi connectivity index (χ2n) is 9.20. The lowest BCUT2D eigenvalue weighted by Crippen LogP contribution is -2.59. The fourth-order valence-electron chi connectivity index (χ4n) is 4.58. The van der Waals surface area contributed by atoms with E-state index in [9.17, 15) is 27.6 Å². The maximum atomic E-state index is 14.2. The number of unbranched alkanes of at least 4 members (excludes halogenated alkanes) is 1. The van der Waals surface area contributed by atoms with E-state index in [0.717, 1.165) is 22.3 Å². The number of likely N-dealkylation sites (tertiary alicyclic amines) is 1. The molecule has 2 fully saturated rings. The van der Waals surface area contributed by atoms with Crippen molar-refractivity contribution in [3.8, 4) is 0 Å². The van der Waals surface area contributed by atoms with Crippen LogP contribution in [0.4, 0.5) is 18.9 Å². The van der Waals surface area contributed by atoms with Crippen LogP contribution in [0.2, 0.25) is 0 Å². The van der Waals surface area contributed by atoms with Crippen LogP contribution in [0, 0.1) is 11.2 Å². The average molecular weight is 493 g/mol. The van der Waals surface area contributed by atoms with Crippen molar-refractivity contribution in [1.82, 2.24) is 10.2 Å². The van der Waals surface area contributed by atoms with Gasteiger partial charge in [-0.05, 0) is 50.5 Å². The Morgan fingerprint density at radius 2 is 2.00 bits per heavy atom. The Kier molecular flexibility index (Phi) is 8.02. The first-order valence-electron chi connectivity index (χ1n) is 11.8. The van der Waals surface area contributed by atoms with Gasteiger partial charge < -0.3 is 5.32 Å². The minimum absolute atomic E-state index is 0.0578. The number of carbonyl (C=O) groups excluding carboxylic acids is 3. The van der Waals surface area contributed by atoms with Crippen molar-refractivity contribution in [3.63, 3.8) is 0 Å². The molecular formula is C25H31F3N4O3. The van der Waals surface area contributed by atoms with Crippen LogP contribution in [0.25, 0.3) is 0 Å². The topological polar surface area (TPSA) is 93.6 Å². The lowest BCUT2D eigenvalue weighted by Gasteiger charge is -2.39. The number of amidine groups is 1. The predicted molar refractivity (Wildman–Crippen MR) is 126 cm³/mol. The van der Waals surface area contributed by atoms with E-state index in [-0.39, 0.29) is 30.3 Å². The zero-order chi connectivity index (χ0) is 25.9. The Morgan fingerprint density at radius 3 is 2.57 bits per heavy atom. The molecule has 0 spiro atoms. The fraction of sp³-hybridized carbons (Fsp3) is 0.520. The van der Waals surface area contributed by atoms with Gasteiger partial charge in [-0.25, -0.2) is 13.2 Å². The lowest BCUT2D eigenvalue weighted by molar-refractivity contribution is -0.133. The average Bonchev–Trinajstić information content (AvgIpc) is 3.15. The van der Waals surface area contributed by atoms with Crippen LogP contribution in [-0.2, 0) is 14.4 Å². The first kappa shape index (κ1) is 26.4. The molecule has 3 rings (SSSR count). The Labute approximate surface area is 202 Å². The lowest BCUT2D eigenvalue weighted by atomic mass is 9.87. The standard InChI is InChI=1S/C25H31F3N4O3/c1-4-5-7-15(2)22(23(34)30-18-13-25(27,28)14-18)32(19-9-6-8-17(26)12-19)24(35)20-10-11-21(33)31(20)16(3)29/h6-9,12,18,20,22,29H,4-5,10-11,13-14H2,1-3H3,(H,30,34). The smallest absolute Gasteiger partial charge is 0.252 e. The second-order valence-corrected chi connectivity index (χ2v) is 9.20. The number of carbonyl (C=O) groups is 3. The summed E-state index contributed by atoms with van der Waals surface area (Å²) < 4.78 is 41.0. The third-order valence-corrected chi connectivity index (χ3v) is 6.31. The normalized spacial score (nSPS) is 20.9. The van der Waals surface area contributed by atoms with E-state index in [2.05, 4.69) is 5.32 Å². The quantitative estimate of drug-likeness (QED) is 0.324. The molecule has 2 aliphatic rings. The number of alkyl halides is 2. The molecule has 1 aromatic carbocycles. The van der Waals surface area contributed by atoms with Crippen molar-refractivity contribution >= 4 is 29.2 Å². The number of nitrogens with zero attached hydrogens (tertiary/aromatic N) is 2. The number of amides is 3. The van der Waals surface area contributed by atoms with Crippen LogP contribution >= 0.6 is 0 Å². The molecule has 0 bridgehead atoms. The van der Waals surface area contributed by atoms with Crippen molar-refractivity contribution in [2.75, 3.05) is 4.90 Å². The SMILES string of the molecule is CCCC=C(C)C(C(=O)NC1CC(F)(F)C1)N(C(=O)C1CCC(=O)N1C(C)=N)c1cccc(F)c1. The molecule has 190 valence electrons. The number of halogens is 3. The number of hydrogen-bond acceptors (Lipinski definition) is 4. The highest BCUT2D eigenvalue weighted by atomic mass is 19.3. The summed E-state index contributed by atoms with van der Waals surface area (Å²) in [4.78, 5) is 41.9. The number of benzene rings is 1. The highest BCUT2D eigenvalue weighted by Crippen LogP contribution is 2.38. The van der Waals surface area contributed by atoms with Crippen LogP contribution in [-0.4, -0.2) is 52.5 Å². The molecular weight excluding hydrogens is 461 g/mol. The molecule has 1 aliphatic carbocycles. The summed E-state index contributed by atoms with van der Waals surface area (Å²) in [5.74, 6) is -5.26. The van der Waals surface area contributed by atoms with E-state index in [1.165, 1.54) is 25.1 Å². The summed E-state index contributed by atoms with van der Waals surface area (Å²) in [6, 6.07) is 2.17. The molecule has 1 aliphatic heterocycles. The molecule has 10 heteroatoms. The number of hydrogen-bond donors (Lipinski definition) is 2. The molecule has 0 radical (unpaired) electrons. The molecule has 2 unspecified atom stereocenters. The molecule has 1 aromatic rings. The van der Waals surface area contributed by atoms with E-state index in [0.29, 0.717) is 12.0 Å². The highest BCUT2D eigenvalue weighted by Gasteiger charge is 2.48. The number of allylic oxidation sites excluding steroid dienone is 1. The molecule has 2 N–H and O–H groups in total. The summed E-state index contributed by atoms with van der Waals surface area (Å²) >= 11 is 0. The van der Waals surface area contributed by atoms with Crippen molar-refractivity contribution in [2.24, 2.45) is 0 Å². The van der Waals surface area contributed by atoms with Crippen molar-refractivity contribution in [2.45, 2.75) is 83.3 Å². The Bertz CT molecular complexity index is 1030. The molecule has 3 amide bonds. The van der Waals surface area contributed by atoms with Gasteiger partial charge in [-0.2, -0.15) is 0 Å². The van der Waals surface area contributed by atoms with Crippen LogP contribution < -0.4 is 10.2 Å². The first-order valence-corrected chi connectivity index (χ1v) is 11.8. The summed E-state index contributed by atoms with van der Waals surface area (Å²) in [5.41, 5.74) is 0.593. The van der Waals surface area contributed by atoms with Gasteiger partial charge in [0.05, 0.1) is 5.84 Å². The van der Waals surface area contributed by atoms with Gasteiger partial charge in [-0.3, -0.25) is 29.6 Å². The van der Waals surface area contributed by atoms with E-state index >= 15 is 0 Å². The minimum atomic E-state index is -2.84. The highest BCUT2D eigenvalue weighted by molar-refractivity contribution is 6.10. The van der Waals surface area contributed by atoms with Gasteiger partial charge in [0.1, 0.15) is 17.9 Å². The minimum Gasteiger partial charge on any atom is -0.351 e. The summed E-state index contributed by atoms with van der Waals surface area (Å²) in [7, 11) is 0. The maximum absolute atomic E-state index is 14.2. The van der Waals surface area contributed by atoms with Gasteiger partial charge in [0, 0.05) is 31.0 Å². The van der Waals surface area contributed by atoms with E-state index in [1.807, 2.05) is 6.92 Å². The monoisotopic (exact) mass is 492 g/mol. The van der Waals surface area contributed by atoms with Crippen molar-refractivity contribution < 1.29 is 27.6 Å². The third kappa shape index (κ3) is 5.91. The fourth-order valence-corrected chi connectivity index (χ4v) is 4.58. The van der Waals surface area contributed by atoms with E-state index in [4.69, 9.17) is 5.41 Å². The number of nitrogens with one attached hydrogen (secondary N) is 2. The molecule has 1 saturated carbocycles. The van der Waals surface area contributed by atoms with Crippen molar-refractivity contribution in [3.05, 3.63) is 41.7 Å². The first-order chi connectivity index (χ1) is 16.4. The predicted octanol–water partition coefficient (Wildman–Crippen LogP) is 4.18. The van der Waals surface area contributed by atoms with Crippen LogP contribution in [0.1, 0.15) is 59.3 Å². The Morgan fingerprint density at radius 1 is 1.31 bits per heavy atom. The zero-order valence-corrected chi connectivity index (χ0v) is 20.1. The molecule has 7 nitrogen and oxygen atoms in total. The van der Waals surface area contributed by atoms with E-state index in [1.54, 1.807) is 13.0 Å². The molecule has 35 heavy (non-hydrogen) atoms. The Balaban J connectivity index is 2.05. The maximum Gasteiger partial charge on any atom is 0.252 e. The summed E-state index contributed by atoms with van der Waals surface area (Å²) in [5, 5.41) is 10.6. The van der Waals surface area contributed by atoms with Crippen LogP contribution in [0.15, 0.2) is 35.9 Å². The zero-order valence-electron chi connectivity index (χ0n) is 20.1. The van der Waals surface area contributed by atoms with Crippen molar-refractivity contribution in [1.29, 1.82) is 5.41 Å². The largest absolute Gasteiger partial charge is 0.351 e. The van der Waals surface area contributed by atoms with Gasteiger partial charge in [0.2, 0.25) is 11.8 Å². The van der Waals surface area contributed by atoms with Gasteiger partial charge in [-0.1, -0.05) is 25.5 Å². The molecule has 2 atom stereocenters. The summed E-state index contributed by atoms with van der Waals surface area (Å²) in [6.07, 6.45) is 2.38. The molecule has 0 aromatic heterocycles. The Hall–Kier alpha value is -3.17. The van der Waals surface area contributed by atoms with E-state index < -0.39 is 54.5 Å². The number of rotatable bonds is 8. The van der Waals surface area contributed by atoms with Gasteiger partial charge in [0.25, 0.3) is 11.8 Å². The van der Waals surface area contributed by atoms with Crippen LogP contribution in [0.3, 0.4) is 0 Å². The summed E-state index contributed by atoms with van der Waals surface area (Å²) in [6.45, 7) is 5.00. The van der Waals surface area contributed by atoms with Gasteiger partial charge in [-0.15, -0.1) is 0 Å². The van der Waals surface area contributed by atoms with Gasteiger partial charge in [0.15, 0.2) is 0 Å².